The standard InChI is InChI=1S/C48H30N2O/c1-2-11-31(12-3-1)32-21-24-45-40(27-32)37-15-4-7-18-43(37)49(45)35-13-10-14-36(30-35)50-44-19-8-5-16-38(44)41-28-33(22-25-46(41)50)34-23-26-48-42(29-34)39-17-6-9-20-47(39)51-48/h1-30H. The Kier molecular flexibility index (Phi) is 5.96. The van der Waals surface area contributed by atoms with Crippen LogP contribution in [0.5, 0.6) is 0 Å². The third-order valence-corrected chi connectivity index (χ3v) is 10.5. The molecule has 0 unspecified atom stereocenters. The van der Waals surface area contributed by atoms with Crippen molar-refractivity contribution in [2.75, 3.05) is 0 Å². The molecule has 11 rings (SSSR count). The Morgan fingerprint density at radius 2 is 0.745 bits per heavy atom. The summed E-state index contributed by atoms with van der Waals surface area (Å²) in [5, 5.41) is 7.26. The number of furan rings is 1. The number of nitrogens with zero attached hydrogens (tertiary/aromatic N) is 2. The third kappa shape index (κ3) is 4.25. The van der Waals surface area contributed by atoms with E-state index in [-0.39, 0.29) is 0 Å². The third-order valence-electron chi connectivity index (χ3n) is 10.5. The fraction of sp³-hybridized carbons (Fsp3) is 0. The minimum absolute atomic E-state index is 0.914. The van der Waals surface area contributed by atoms with Gasteiger partial charge < -0.3 is 13.6 Å². The van der Waals surface area contributed by atoms with Crippen LogP contribution < -0.4 is 0 Å². The van der Waals surface area contributed by atoms with Crippen molar-refractivity contribution in [1.29, 1.82) is 0 Å². The van der Waals surface area contributed by atoms with E-state index in [4.69, 9.17) is 4.42 Å². The predicted molar refractivity (Wildman–Crippen MR) is 213 cm³/mol. The summed E-state index contributed by atoms with van der Waals surface area (Å²) < 4.78 is 10.9. The highest BCUT2D eigenvalue weighted by molar-refractivity contribution is 6.12. The average Bonchev–Trinajstić information content (AvgIpc) is 3.85. The first-order valence-corrected chi connectivity index (χ1v) is 17.4. The molecule has 0 N–H and O–H groups in total. The van der Waals surface area contributed by atoms with E-state index in [1.807, 2.05) is 12.1 Å². The van der Waals surface area contributed by atoms with E-state index in [9.17, 15) is 0 Å². The molecule has 51 heavy (non-hydrogen) atoms. The van der Waals surface area contributed by atoms with Crippen molar-refractivity contribution in [2.24, 2.45) is 0 Å². The minimum Gasteiger partial charge on any atom is -0.456 e. The van der Waals surface area contributed by atoms with Crippen LogP contribution in [0.4, 0.5) is 0 Å². The smallest absolute Gasteiger partial charge is 0.135 e. The molecule has 0 spiro atoms. The van der Waals surface area contributed by atoms with Gasteiger partial charge in [-0.05, 0) is 95.1 Å². The second-order valence-electron chi connectivity index (χ2n) is 13.4. The van der Waals surface area contributed by atoms with E-state index in [2.05, 4.69) is 179 Å². The molecule has 3 heterocycles. The van der Waals surface area contributed by atoms with Gasteiger partial charge in [-0.25, -0.2) is 0 Å². The normalized spacial score (nSPS) is 11.9. The van der Waals surface area contributed by atoms with E-state index >= 15 is 0 Å². The largest absolute Gasteiger partial charge is 0.456 e. The van der Waals surface area contributed by atoms with Crippen molar-refractivity contribution in [2.45, 2.75) is 0 Å². The summed E-state index contributed by atoms with van der Waals surface area (Å²) in [5.41, 5.74) is 13.7. The molecule has 0 aliphatic carbocycles. The molecule has 0 saturated heterocycles. The number of para-hydroxylation sites is 3. The molecule has 3 nitrogen and oxygen atoms in total. The summed E-state index contributed by atoms with van der Waals surface area (Å²) in [6.45, 7) is 0. The molecule has 3 heteroatoms. The second-order valence-corrected chi connectivity index (χ2v) is 13.4. The zero-order valence-electron chi connectivity index (χ0n) is 27.6. The van der Waals surface area contributed by atoms with Crippen LogP contribution in [0.2, 0.25) is 0 Å². The zero-order chi connectivity index (χ0) is 33.5. The minimum atomic E-state index is 0.914. The zero-order valence-corrected chi connectivity index (χ0v) is 27.6. The van der Waals surface area contributed by atoms with E-state index in [1.54, 1.807) is 0 Å². The Morgan fingerprint density at radius 1 is 0.275 bits per heavy atom. The van der Waals surface area contributed by atoms with Gasteiger partial charge in [-0.2, -0.15) is 0 Å². The summed E-state index contributed by atoms with van der Waals surface area (Å²) in [6, 6.07) is 65.6. The summed E-state index contributed by atoms with van der Waals surface area (Å²) in [7, 11) is 0. The molecule has 0 radical (unpaired) electrons. The maximum Gasteiger partial charge on any atom is 0.135 e. The van der Waals surface area contributed by atoms with Gasteiger partial charge in [-0.1, -0.05) is 109 Å². The van der Waals surface area contributed by atoms with Crippen molar-refractivity contribution in [3.63, 3.8) is 0 Å². The molecule has 0 atom stereocenters. The topological polar surface area (TPSA) is 23.0 Å². The molecule has 238 valence electrons. The fourth-order valence-electron chi connectivity index (χ4n) is 8.17. The van der Waals surface area contributed by atoms with Crippen molar-refractivity contribution < 1.29 is 4.42 Å². The Balaban J connectivity index is 1.08. The molecule has 0 aliphatic heterocycles. The summed E-state index contributed by atoms with van der Waals surface area (Å²) in [5.74, 6) is 0. The first kappa shape index (κ1) is 28.0. The van der Waals surface area contributed by atoms with Gasteiger partial charge in [0.1, 0.15) is 11.2 Å². The maximum absolute atomic E-state index is 6.13. The molecule has 11 aromatic rings. The molecule has 0 aliphatic rings. The lowest BCUT2D eigenvalue weighted by atomic mass is 10.0. The van der Waals surface area contributed by atoms with Crippen LogP contribution in [0.1, 0.15) is 0 Å². The SMILES string of the molecule is c1ccc(-c2ccc3c(c2)c2ccccc2n3-c2cccc(-n3c4ccccc4c4cc(-c5ccc6oc7ccccc7c6c5)ccc43)c2)cc1. The Hall–Kier alpha value is -6.84. The fourth-order valence-corrected chi connectivity index (χ4v) is 8.17. The average molecular weight is 651 g/mol. The first-order valence-electron chi connectivity index (χ1n) is 17.4. The van der Waals surface area contributed by atoms with Gasteiger partial charge in [-0.3, -0.25) is 0 Å². The molecule has 3 aromatic heterocycles. The van der Waals surface area contributed by atoms with Gasteiger partial charge in [-0.15, -0.1) is 0 Å². The number of fused-ring (bicyclic) bond motifs is 9. The van der Waals surface area contributed by atoms with Crippen LogP contribution in [0.25, 0.3) is 99.2 Å². The highest BCUT2D eigenvalue weighted by atomic mass is 16.3. The van der Waals surface area contributed by atoms with Gasteiger partial charge in [0.25, 0.3) is 0 Å². The molecule has 0 amide bonds. The Bertz CT molecular complexity index is 3140. The lowest BCUT2D eigenvalue weighted by Gasteiger charge is -2.13. The van der Waals surface area contributed by atoms with Crippen LogP contribution in [-0.2, 0) is 0 Å². The molecular weight excluding hydrogens is 621 g/mol. The number of benzene rings is 8. The second kappa shape index (κ2) is 10.8. The van der Waals surface area contributed by atoms with Gasteiger partial charge in [0, 0.05) is 43.7 Å². The van der Waals surface area contributed by atoms with Crippen LogP contribution in [0.15, 0.2) is 186 Å². The van der Waals surface area contributed by atoms with Gasteiger partial charge in [0.2, 0.25) is 0 Å². The van der Waals surface area contributed by atoms with Crippen LogP contribution in [0, 0.1) is 0 Å². The van der Waals surface area contributed by atoms with Gasteiger partial charge >= 0.3 is 0 Å². The number of hydrogen-bond acceptors (Lipinski definition) is 1. The first-order chi connectivity index (χ1) is 25.3. The number of rotatable bonds is 4. The summed E-state index contributed by atoms with van der Waals surface area (Å²) in [6.07, 6.45) is 0. The quantitative estimate of drug-likeness (QED) is 0.186. The lowest BCUT2D eigenvalue weighted by molar-refractivity contribution is 0.669. The summed E-state index contributed by atoms with van der Waals surface area (Å²) in [4.78, 5) is 0. The van der Waals surface area contributed by atoms with E-state index in [1.165, 1.54) is 65.9 Å². The van der Waals surface area contributed by atoms with E-state index in [0.717, 1.165) is 33.3 Å². The maximum atomic E-state index is 6.13. The monoisotopic (exact) mass is 650 g/mol. The Labute approximate surface area is 293 Å². The number of aromatic nitrogens is 2. The van der Waals surface area contributed by atoms with E-state index < -0.39 is 0 Å². The predicted octanol–water partition coefficient (Wildman–Crippen LogP) is 13.1. The molecule has 8 aromatic carbocycles. The van der Waals surface area contributed by atoms with Crippen LogP contribution >= 0.6 is 0 Å². The van der Waals surface area contributed by atoms with Gasteiger partial charge in [0.15, 0.2) is 0 Å². The lowest BCUT2D eigenvalue weighted by Crippen LogP contribution is -1.98. The van der Waals surface area contributed by atoms with Crippen molar-refractivity contribution in [3.05, 3.63) is 182 Å². The number of hydrogen-bond donors (Lipinski definition) is 0. The Morgan fingerprint density at radius 3 is 1.39 bits per heavy atom. The van der Waals surface area contributed by atoms with Crippen molar-refractivity contribution >= 4 is 65.6 Å². The van der Waals surface area contributed by atoms with Crippen LogP contribution in [-0.4, -0.2) is 9.13 Å². The van der Waals surface area contributed by atoms with Crippen molar-refractivity contribution in [3.8, 4) is 33.6 Å². The van der Waals surface area contributed by atoms with Crippen LogP contribution in [0.3, 0.4) is 0 Å². The highest BCUT2D eigenvalue weighted by Gasteiger charge is 2.17. The van der Waals surface area contributed by atoms with E-state index in [0.29, 0.717) is 0 Å². The van der Waals surface area contributed by atoms with Gasteiger partial charge in [0.05, 0.1) is 22.1 Å². The molecular formula is C48H30N2O. The highest BCUT2D eigenvalue weighted by Crippen LogP contribution is 2.39. The molecule has 0 bridgehead atoms. The van der Waals surface area contributed by atoms with Crippen molar-refractivity contribution in [1.82, 2.24) is 9.13 Å². The summed E-state index contributed by atoms with van der Waals surface area (Å²) >= 11 is 0. The molecule has 0 fully saturated rings. The molecule has 0 saturated carbocycles.